The zero-order chi connectivity index (χ0) is 11.9. The molecule has 0 saturated carbocycles. The van der Waals surface area contributed by atoms with E-state index in [0.717, 1.165) is 0 Å². The first-order chi connectivity index (χ1) is 7.38. The molecule has 0 amide bonds. The van der Waals surface area contributed by atoms with Gasteiger partial charge in [-0.2, -0.15) is 0 Å². The normalized spacial score (nSPS) is 12.2. The highest BCUT2D eigenvalue weighted by Crippen LogP contribution is 2.20. The van der Waals surface area contributed by atoms with E-state index in [1.54, 1.807) is 16.7 Å². The fourth-order valence-corrected chi connectivity index (χ4v) is 1.78. The van der Waals surface area contributed by atoms with Crippen molar-refractivity contribution in [2.24, 2.45) is 5.41 Å². The second-order valence-electron chi connectivity index (χ2n) is 5.21. The Morgan fingerprint density at radius 3 is 2.69 bits per heavy atom. The van der Waals surface area contributed by atoms with Crippen molar-refractivity contribution < 1.29 is 4.39 Å². The van der Waals surface area contributed by atoms with Crippen molar-refractivity contribution >= 4 is 11.0 Å². The summed E-state index contributed by atoms with van der Waals surface area (Å²) in [6.45, 7) is 6.68. The largest absolute Gasteiger partial charge is 0.326 e. The molecule has 0 aliphatic heterocycles. The van der Waals surface area contributed by atoms with Gasteiger partial charge in [0.25, 0.3) is 0 Å². The van der Waals surface area contributed by atoms with Crippen LogP contribution in [0.25, 0.3) is 11.0 Å². The van der Waals surface area contributed by atoms with Crippen LogP contribution >= 0.6 is 0 Å². The molecule has 1 N–H and O–H groups in total. The zero-order valence-electron chi connectivity index (χ0n) is 9.67. The van der Waals surface area contributed by atoms with Gasteiger partial charge < -0.3 is 4.98 Å². The molecule has 0 aliphatic rings. The second kappa shape index (κ2) is 3.47. The minimum atomic E-state index is -0.387. The molecule has 0 bridgehead atoms. The summed E-state index contributed by atoms with van der Waals surface area (Å²) in [6, 6.07) is 4.71. The Bertz CT molecular complexity index is 575. The first-order valence-electron chi connectivity index (χ1n) is 5.25. The van der Waals surface area contributed by atoms with Gasteiger partial charge in [0.1, 0.15) is 11.3 Å². The van der Waals surface area contributed by atoms with Gasteiger partial charge in [0, 0.05) is 6.54 Å². The van der Waals surface area contributed by atoms with Gasteiger partial charge in [-0.3, -0.25) is 4.57 Å². The quantitative estimate of drug-likeness (QED) is 0.791. The number of benzene rings is 1. The smallest absolute Gasteiger partial charge is 0.303 e. The summed E-state index contributed by atoms with van der Waals surface area (Å²) >= 11 is 0. The maximum Gasteiger partial charge on any atom is 0.326 e. The Morgan fingerprint density at radius 2 is 2.06 bits per heavy atom. The third-order valence-electron chi connectivity index (χ3n) is 2.39. The van der Waals surface area contributed by atoms with E-state index in [0.29, 0.717) is 12.1 Å². The maximum atomic E-state index is 13.4. The van der Waals surface area contributed by atoms with Gasteiger partial charge in [-0.05, 0) is 17.5 Å². The molecule has 3 nitrogen and oxygen atoms in total. The van der Waals surface area contributed by atoms with Gasteiger partial charge in [0.2, 0.25) is 0 Å². The molecule has 1 heterocycles. The average Bonchev–Trinajstić information content (AvgIpc) is 2.44. The van der Waals surface area contributed by atoms with E-state index in [9.17, 15) is 9.18 Å². The third kappa shape index (κ3) is 1.87. The number of hydrogen-bond acceptors (Lipinski definition) is 1. The van der Waals surface area contributed by atoms with Crippen molar-refractivity contribution in [1.29, 1.82) is 0 Å². The van der Waals surface area contributed by atoms with Gasteiger partial charge in [-0.15, -0.1) is 0 Å². The highest BCUT2D eigenvalue weighted by atomic mass is 19.1. The number of aromatic amines is 1. The van der Waals surface area contributed by atoms with E-state index in [2.05, 4.69) is 4.98 Å². The van der Waals surface area contributed by atoms with Gasteiger partial charge in [0.05, 0.1) is 5.52 Å². The molecular weight excluding hydrogens is 207 g/mol. The Balaban J connectivity index is 2.66. The molecule has 0 saturated heterocycles. The number of fused-ring (bicyclic) bond motifs is 1. The topological polar surface area (TPSA) is 37.8 Å². The SMILES string of the molecule is CC(C)(C)Cn1c(=O)[nH]c2c(F)cccc21. The minimum Gasteiger partial charge on any atom is -0.303 e. The standard InChI is InChI=1S/C12H15FN2O/c1-12(2,3)7-15-9-6-4-5-8(13)10(9)14-11(15)16/h4-6H,7H2,1-3H3,(H,14,16). The molecule has 1 aromatic heterocycles. The summed E-state index contributed by atoms with van der Waals surface area (Å²) in [6.07, 6.45) is 0. The lowest BCUT2D eigenvalue weighted by molar-refractivity contribution is 0.344. The first-order valence-corrected chi connectivity index (χ1v) is 5.25. The molecule has 0 unspecified atom stereocenters. The average molecular weight is 222 g/mol. The summed E-state index contributed by atoms with van der Waals surface area (Å²) in [5.41, 5.74) is 0.636. The van der Waals surface area contributed by atoms with Crippen LogP contribution in [-0.4, -0.2) is 9.55 Å². The number of hydrogen-bond donors (Lipinski definition) is 1. The number of H-pyrrole nitrogens is 1. The molecule has 0 atom stereocenters. The maximum absolute atomic E-state index is 13.4. The van der Waals surface area contributed by atoms with Crippen molar-refractivity contribution in [3.8, 4) is 0 Å². The van der Waals surface area contributed by atoms with Crippen LogP contribution in [0.2, 0.25) is 0 Å². The Kier molecular flexibility index (Phi) is 2.37. The van der Waals surface area contributed by atoms with Crippen molar-refractivity contribution in [3.63, 3.8) is 0 Å². The van der Waals surface area contributed by atoms with Crippen LogP contribution in [-0.2, 0) is 6.54 Å². The van der Waals surface area contributed by atoms with Crippen molar-refractivity contribution in [2.45, 2.75) is 27.3 Å². The number of aromatic nitrogens is 2. The summed E-state index contributed by atoms with van der Waals surface area (Å²) in [5, 5.41) is 0. The van der Waals surface area contributed by atoms with Crippen LogP contribution in [0.1, 0.15) is 20.8 Å². The lowest BCUT2D eigenvalue weighted by Crippen LogP contribution is -2.24. The Morgan fingerprint density at radius 1 is 1.38 bits per heavy atom. The number of nitrogens with one attached hydrogen (secondary N) is 1. The van der Waals surface area contributed by atoms with Crippen molar-refractivity contribution in [3.05, 3.63) is 34.5 Å². The molecule has 16 heavy (non-hydrogen) atoms. The van der Waals surface area contributed by atoms with E-state index in [1.807, 2.05) is 20.8 Å². The second-order valence-corrected chi connectivity index (χ2v) is 5.21. The lowest BCUT2D eigenvalue weighted by atomic mass is 9.97. The summed E-state index contributed by atoms with van der Waals surface area (Å²) in [4.78, 5) is 14.3. The molecule has 0 aliphatic carbocycles. The van der Waals surface area contributed by atoms with E-state index in [-0.39, 0.29) is 22.4 Å². The molecule has 2 rings (SSSR count). The summed E-state index contributed by atoms with van der Waals surface area (Å²) < 4.78 is 15.0. The lowest BCUT2D eigenvalue weighted by Gasteiger charge is -2.18. The molecule has 4 heteroatoms. The predicted octanol–water partition coefficient (Wildman–Crippen LogP) is 2.51. The van der Waals surface area contributed by atoms with Crippen LogP contribution in [0.5, 0.6) is 0 Å². The van der Waals surface area contributed by atoms with Crippen molar-refractivity contribution in [2.75, 3.05) is 0 Å². The molecular formula is C12H15FN2O. The summed E-state index contributed by atoms with van der Waals surface area (Å²) in [7, 11) is 0. The monoisotopic (exact) mass is 222 g/mol. The first kappa shape index (κ1) is 10.9. The minimum absolute atomic E-state index is 0.0226. The van der Waals surface area contributed by atoms with Gasteiger partial charge in [-0.1, -0.05) is 26.8 Å². The molecule has 0 radical (unpaired) electrons. The van der Waals surface area contributed by atoms with Crippen molar-refractivity contribution in [1.82, 2.24) is 9.55 Å². The van der Waals surface area contributed by atoms with Crippen LogP contribution in [0.4, 0.5) is 4.39 Å². The highest BCUT2D eigenvalue weighted by Gasteiger charge is 2.16. The number of para-hydroxylation sites is 1. The van der Waals surface area contributed by atoms with Crippen LogP contribution < -0.4 is 5.69 Å². The van der Waals surface area contributed by atoms with Gasteiger partial charge >= 0.3 is 5.69 Å². The van der Waals surface area contributed by atoms with Crippen LogP contribution in [0.15, 0.2) is 23.0 Å². The highest BCUT2D eigenvalue weighted by molar-refractivity contribution is 5.75. The molecule has 0 spiro atoms. The number of imidazole rings is 1. The molecule has 86 valence electrons. The van der Waals surface area contributed by atoms with Crippen LogP contribution in [0.3, 0.4) is 0 Å². The number of nitrogens with zero attached hydrogens (tertiary/aromatic N) is 1. The summed E-state index contributed by atoms with van der Waals surface area (Å²) in [5.74, 6) is -0.387. The molecule has 1 aromatic carbocycles. The number of halogens is 1. The van der Waals surface area contributed by atoms with Gasteiger partial charge in [-0.25, -0.2) is 9.18 Å². The fraction of sp³-hybridized carbons (Fsp3) is 0.417. The van der Waals surface area contributed by atoms with Gasteiger partial charge in [0.15, 0.2) is 0 Å². The van der Waals surface area contributed by atoms with E-state index in [1.165, 1.54) is 6.07 Å². The van der Waals surface area contributed by atoms with E-state index >= 15 is 0 Å². The zero-order valence-corrected chi connectivity index (χ0v) is 9.67. The predicted molar refractivity (Wildman–Crippen MR) is 62.0 cm³/mol. The fourth-order valence-electron chi connectivity index (χ4n) is 1.78. The Labute approximate surface area is 92.9 Å². The molecule has 0 fully saturated rings. The molecule has 2 aromatic rings. The van der Waals surface area contributed by atoms with Crippen LogP contribution in [0, 0.1) is 11.2 Å². The third-order valence-corrected chi connectivity index (χ3v) is 2.39. The van der Waals surface area contributed by atoms with E-state index in [4.69, 9.17) is 0 Å². The Hall–Kier alpha value is -1.58. The number of rotatable bonds is 1. The van der Waals surface area contributed by atoms with E-state index < -0.39 is 0 Å².